The Labute approximate surface area is 140 Å². The molecule has 1 fully saturated rings. The van der Waals surface area contributed by atoms with Crippen molar-refractivity contribution in [2.24, 2.45) is 5.92 Å². The van der Waals surface area contributed by atoms with E-state index in [1.807, 2.05) is 6.07 Å². The first kappa shape index (κ1) is 16.1. The topological polar surface area (TPSA) is 29.3 Å². The molecule has 0 unspecified atom stereocenters. The SMILES string of the molecule is Nc1cccc(CCN(CCc2ccccc2)CC2CCC2)c1. The summed E-state index contributed by atoms with van der Waals surface area (Å²) in [5.41, 5.74) is 9.56. The van der Waals surface area contributed by atoms with Gasteiger partial charge in [0.2, 0.25) is 0 Å². The van der Waals surface area contributed by atoms with Gasteiger partial charge in [-0.25, -0.2) is 0 Å². The quantitative estimate of drug-likeness (QED) is 0.742. The zero-order chi connectivity index (χ0) is 15.9. The van der Waals surface area contributed by atoms with Crippen LogP contribution < -0.4 is 5.73 Å². The molecule has 2 N–H and O–H groups in total. The summed E-state index contributed by atoms with van der Waals surface area (Å²) in [7, 11) is 0. The normalized spacial score (nSPS) is 14.8. The van der Waals surface area contributed by atoms with Crippen LogP contribution in [0.15, 0.2) is 54.6 Å². The highest BCUT2D eigenvalue weighted by atomic mass is 15.1. The van der Waals surface area contributed by atoms with Gasteiger partial charge in [0.25, 0.3) is 0 Å². The van der Waals surface area contributed by atoms with Gasteiger partial charge in [-0.05, 0) is 54.9 Å². The van der Waals surface area contributed by atoms with E-state index in [9.17, 15) is 0 Å². The highest BCUT2D eigenvalue weighted by Gasteiger charge is 2.20. The minimum Gasteiger partial charge on any atom is -0.399 e. The van der Waals surface area contributed by atoms with Crippen molar-refractivity contribution in [3.8, 4) is 0 Å². The van der Waals surface area contributed by atoms with E-state index in [1.54, 1.807) is 0 Å². The lowest BCUT2D eigenvalue weighted by molar-refractivity contribution is 0.180. The highest BCUT2D eigenvalue weighted by Crippen LogP contribution is 2.27. The van der Waals surface area contributed by atoms with E-state index < -0.39 is 0 Å². The predicted molar refractivity (Wildman–Crippen MR) is 98.5 cm³/mol. The molecule has 23 heavy (non-hydrogen) atoms. The smallest absolute Gasteiger partial charge is 0.0316 e. The number of nitrogens with two attached hydrogens (primary N) is 1. The minimum absolute atomic E-state index is 0.873. The molecule has 3 rings (SSSR count). The average molecular weight is 308 g/mol. The van der Waals surface area contributed by atoms with Crippen LogP contribution in [0.1, 0.15) is 30.4 Å². The Morgan fingerprint density at radius 3 is 2.22 bits per heavy atom. The third-order valence-electron chi connectivity index (χ3n) is 4.97. The summed E-state index contributed by atoms with van der Waals surface area (Å²) in [4.78, 5) is 2.65. The third kappa shape index (κ3) is 5.11. The van der Waals surface area contributed by atoms with E-state index in [-0.39, 0.29) is 0 Å². The molecule has 2 aromatic rings. The number of anilines is 1. The summed E-state index contributed by atoms with van der Waals surface area (Å²) >= 11 is 0. The summed E-state index contributed by atoms with van der Waals surface area (Å²) in [6.07, 6.45) is 6.49. The van der Waals surface area contributed by atoms with E-state index in [0.717, 1.165) is 37.5 Å². The molecule has 122 valence electrons. The van der Waals surface area contributed by atoms with Gasteiger partial charge in [-0.2, -0.15) is 0 Å². The molecular formula is C21H28N2. The van der Waals surface area contributed by atoms with Crippen molar-refractivity contribution in [2.45, 2.75) is 32.1 Å². The first-order valence-corrected chi connectivity index (χ1v) is 8.90. The Kier molecular flexibility index (Phi) is 5.71. The summed E-state index contributed by atoms with van der Waals surface area (Å²) in [5.74, 6) is 0.923. The Balaban J connectivity index is 1.54. The Bertz CT molecular complexity index is 590. The van der Waals surface area contributed by atoms with E-state index in [4.69, 9.17) is 5.73 Å². The third-order valence-corrected chi connectivity index (χ3v) is 4.97. The molecule has 0 heterocycles. The molecule has 1 saturated carbocycles. The van der Waals surface area contributed by atoms with E-state index >= 15 is 0 Å². The maximum absolute atomic E-state index is 5.90. The van der Waals surface area contributed by atoms with Crippen LogP contribution >= 0.6 is 0 Å². The van der Waals surface area contributed by atoms with Crippen molar-refractivity contribution in [2.75, 3.05) is 25.4 Å². The maximum atomic E-state index is 5.90. The lowest BCUT2D eigenvalue weighted by atomic mass is 9.85. The molecule has 0 saturated heterocycles. The van der Waals surface area contributed by atoms with Crippen LogP contribution in [0, 0.1) is 5.92 Å². The Morgan fingerprint density at radius 2 is 1.57 bits per heavy atom. The maximum Gasteiger partial charge on any atom is 0.0316 e. The molecule has 0 aromatic heterocycles. The standard InChI is InChI=1S/C21H28N2/c22-21-11-5-8-19(16-21)13-15-23(17-20-9-4-10-20)14-12-18-6-2-1-3-7-18/h1-3,5-8,11,16,20H,4,9-10,12-15,17,22H2. The van der Waals surface area contributed by atoms with Crippen LogP contribution in [0.5, 0.6) is 0 Å². The lowest BCUT2D eigenvalue weighted by Gasteiger charge is -2.32. The first-order chi connectivity index (χ1) is 11.3. The molecule has 1 aliphatic carbocycles. The highest BCUT2D eigenvalue weighted by molar-refractivity contribution is 5.40. The molecule has 0 bridgehead atoms. The molecule has 0 atom stereocenters. The molecule has 1 aliphatic rings. The fraction of sp³-hybridized carbons (Fsp3) is 0.429. The summed E-state index contributed by atoms with van der Waals surface area (Å²) in [6, 6.07) is 19.2. The van der Waals surface area contributed by atoms with Crippen LogP contribution in [0.25, 0.3) is 0 Å². The second-order valence-electron chi connectivity index (χ2n) is 6.83. The molecule has 0 spiro atoms. The number of hydrogen-bond donors (Lipinski definition) is 1. The molecule has 0 aliphatic heterocycles. The van der Waals surface area contributed by atoms with Crippen molar-refractivity contribution >= 4 is 5.69 Å². The van der Waals surface area contributed by atoms with Crippen LogP contribution in [0.4, 0.5) is 5.69 Å². The fourth-order valence-electron chi connectivity index (χ4n) is 3.30. The molecule has 2 aromatic carbocycles. The van der Waals surface area contributed by atoms with E-state index in [1.165, 1.54) is 36.9 Å². The van der Waals surface area contributed by atoms with Gasteiger partial charge in [0.15, 0.2) is 0 Å². The van der Waals surface area contributed by atoms with Gasteiger partial charge in [-0.3, -0.25) is 0 Å². The van der Waals surface area contributed by atoms with E-state index in [2.05, 4.69) is 53.4 Å². The predicted octanol–water partition coefficient (Wildman–Crippen LogP) is 4.16. The number of nitrogen functional groups attached to an aromatic ring is 1. The minimum atomic E-state index is 0.873. The number of nitrogens with zero attached hydrogens (tertiary/aromatic N) is 1. The van der Waals surface area contributed by atoms with Gasteiger partial charge < -0.3 is 10.6 Å². The molecular weight excluding hydrogens is 280 g/mol. The lowest BCUT2D eigenvalue weighted by Crippen LogP contribution is -2.35. The molecule has 2 nitrogen and oxygen atoms in total. The number of benzene rings is 2. The van der Waals surface area contributed by atoms with Crippen molar-refractivity contribution < 1.29 is 0 Å². The molecule has 0 amide bonds. The van der Waals surface area contributed by atoms with Crippen LogP contribution in [0.3, 0.4) is 0 Å². The Morgan fingerprint density at radius 1 is 0.870 bits per heavy atom. The summed E-state index contributed by atoms with van der Waals surface area (Å²) in [5, 5.41) is 0. The van der Waals surface area contributed by atoms with Gasteiger partial charge >= 0.3 is 0 Å². The fourth-order valence-corrected chi connectivity index (χ4v) is 3.30. The molecule has 0 radical (unpaired) electrons. The first-order valence-electron chi connectivity index (χ1n) is 8.90. The van der Waals surface area contributed by atoms with Gasteiger partial charge in [-0.15, -0.1) is 0 Å². The largest absolute Gasteiger partial charge is 0.399 e. The summed E-state index contributed by atoms with van der Waals surface area (Å²) < 4.78 is 0. The van der Waals surface area contributed by atoms with Crippen LogP contribution in [-0.4, -0.2) is 24.5 Å². The van der Waals surface area contributed by atoms with Crippen molar-refractivity contribution in [3.63, 3.8) is 0 Å². The molecule has 2 heteroatoms. The van der Waals surface area contributed by atoms with Gasteiger partial charge in [0.1, 0.15) is 0 Å². The zero-order valence-corrected chi connectivity index (χ0v) is 14.0. The van der Waals surface area contributed by atoms with Crippen LogP contribution in [0.2, 0.25) is 0 Å². The van der Waals surface area contributed by atoms with E-state index in [0.29, 0.717) is 0 Å². The van der Waals surface area contributed by atoms with Crippen LogP contribution in [-0.2, 0) is 12.8 Å². The second-order valence-corrected chi connectivity index (χ2v) is 6.83. The second kappa shape index (κ2) is 8.16. The zero-order valence-electron chi connectivity index (χ0n) is 14.0. The summed E-state index contributed by atoms with van der Waals surface area (Å²) in [6.45, 7) is 3.55. The van der Waals surface area contributed by atoms with Crippen molar-refractivity contribution in [1.82, 2.24) is 4.90 Å². The monoisotopic (exact) mass is 308 g/mol. The van der Waals surface area contributed by atoms with Gasteiger partial charge in [0, 0.05) is 25.3 Å². The number of hydrogen-bond acceptors (Lipinski definition) is 2. The average Bonchev–Trinajstić information content (AvgIpc) is 2.53. The van der Waals surface area contributed by atoms with Gasteiger partial charge in [-0.1, -0.05) is 48.9 Å². The Hall–Kier alpha value is -1.80. The van der Waals surface area contributed by atoms with Crippen molar-refractivity contribution in [3.05, 3.63) is 65.7 Å². The number of rotatable bonds is 8. The van der Waals surface area contributed by atoms with Gasteiger partial charge in [0.05, 0.1) is 0 Å². The van der Waals surface area contributed by atoms with Crippen molar-refractivity contribution in [1.29, 1.82) is 0 Å².